The van der Waals surface area contributed by atoms with Gasteiger partial charge in [-0.1, -0.05) is 153 Å². The van der Waals surface area contributed by atoms with Gasteiger partial charge in [-0.25, -0.2) is 0 Å². The van der Waals surface area contributed by atoms with Gasteiger partial charge in [0, 0.05) is 98.1 Å². The van der Waals surface area contributed by atoms with Crippen molar-refractivity contribution in [2.24, 2.45) is 0 Å². The molecule has 0 saturated carbocycles. The van der Waals surface area contributed by atoms with Gasteiger partial charge in [0.05, 0.1) is 0 Å². The molecule has 3 radical (unpaired) electrons. The van der Waals surface area contributed by atoms with E-state index in [-0.39, 0.29) is 122 Å². The van der Waals surface area contributed by atoms with Crippen LogP contribution in [0.25, 0.3) is 0 Å². The molecule has 221 valence electrons. The summed E-state index contributed by atoms with van der Waals surface area (Å²) in [7, 11) is 0. The molecule has 0 saturated heterocycles. The summed E-state index contributed by atoms with van der Waals surface area (Å²) in [6.07, 6.45) is 9.19. The minimum Gasteiger partial charge on any atom is -0.394 e. The third-order valence-corrected chi connectivity index (χ3v) is 4.24. The molecular weight excluding hydrogens is 717 g/mol. The van der Waals surface area contributed by atoms with E-state index >= 15 is 0 Å². The van der Waals surface area contributed by atoms with Crippen LogP contribution in [0.4, 0.5) is 0 Å². The molecule has 40 heavy (non-hydrogen) atoms. The average molecular weight is 776 g/mol. The zero-order valence-electron chi connectivity index (χ0n) is 27.8. The fourth-order valence-electron chi connectivity index (χ4n) is 2.26. The molecule has 0 spiro atoms. The van der Waals surface area contributed by atoms with E-state index in [1.807, 2.05) is 84.0 Å². The van der Waals surface area contributed by atoms with Crippen LogP contribution in [0.15, 0.2) is 54.9 Å². The normalized spacial score (nSPS) is 9.07. The van der Waals surface area contributed by atoms with Gasteiger partial charge in [-0.3, -0.25) is 0 Å². The van der Waals surface area contributed by atoms with Crippen LogP contribution in [-0.2, 0) is 114 Å². The van der Waals surface area contributed by atoms with Crippen molar-refractivity contribution in [3.05, 3.63) is 90.3 Å². The molecule has 0 amide bonds. The van der Waals surface area contributed by atoms with Gasteiger partial charge in [-0.2, -0.15) is 48.5 Å². The first-order valence-electron chi connectivity index (χ1n) is 13.3. The SMILES string of the molecule is C.CC.CC.CC.CC(C)(C)c1c[c-]ccn1.CC(C)(C)c1c[c-]ncc1.CC(C)(C)c1ccc[c-]n1.[Y].[Y].[Y]. The van der Waals surface area contributed by atoms with Crippen molar-refractivity contribution in [3.8, 4) is 0 Å². The second-order valence-corrected chi connectivity index (χ2v) is 10.2. The number of hydrogen-bond donors (Lipinski definition) is 0. The summed E-state index contributed by atoms with van der Waals surface area (Å²) >= 11 is 0. The van der Waals surface area contributed by atoms with Crippen LogP contribution < -0.4 is 0 Å². The van der Waals surface area contributed by atoms with Crippen LogP contribution in [0.2, 0.25) is 0 Å². The second-order valence-electron chi connectivity index (χ2n) is 10.2. The fraction of sp³-hybridized carbons (Fsp3) is 0.559. The quantitative estimate of drug-likeness (QED) is 0.214. The maximum Gasteiger partial charge on any atom is 0 e. The van der Waals surface area contributed by atoms with Crippen molar-refractivity contribution in [1.29, 1.82) is 0 Å². The zero-order chi connectivity index (χ0) is 28.8. The molecule has 0 aliphatic heterocycles. The van der Waals surface area contributed by atoms with Crippen molar-refractivity contribution >= 4 is 0 Å². The molecule has 3 aromatic heterocycles. The van der Waals surface area contributed by atoms with Gasteiger partial charge in [0.15, 0.2) is 0 Å². The molecule has 3 aromatic rings. The standard InChI is InChI=1S/3C9H12N.3C2H6.CH4.3Y/c1-9(2,3)8-4-6-10-7-5-8;2*1-9(2,3)8-6-4-5-7-10-8;3*1-2;;;;/h4-6H,1-3H3;5-7H,1-3H3;4-6H,1-3H3;3*1-2H3;1H4;;;/q3*-1;;;;;;;. The van der Waals surface area contributed by atoms with Crippen LogP contribution in [0, 0.1) is 18.5 Å². The van der Waals surface area contributed by atoms with Crippen molar-refractivity contribution in [2.45, 2.75) is 128 Å². The molecule has 3 heterocycles. The largest absolute Gasteiger partial charge is 0.394 e. The van der Waals surface area contributed by atoms with E-state index < -0.39 is 0 Å². The predicted octanol–water partition coefficient (Wildman–Crippen LogP) is 10.2. The van der Waals surface area contributed by atoms with E-state index in [4.69, 9.17) is 0 Å². The zero-order valence-corrected chi connectivity index (χ0v) is 36.3. The predicted molar refractivity (Wildman–Crippen MR) is 166 cm³/mol. The van der Waals surface area contributed by atoms with E-state index in [0.29, 0.717) is 0 Å². The Hall–Kier alpha value is 0.762. The number of nitrogens with zero attached hydrogens (tertiary/aromatic N) is 3. The van der Waals surface area contributed by atoms with Crippen LogP contribution in [0.5, 0.6) is 0 Å². The maximum atomic E-state index is 4.22. The number of aromatic nitrogens is 3. The van der Waals surface area contributed by atoms with Crippen LogP contribution >= 0.6 is 0 Å². The van der Waals surface area contributed by atoms with E-state index in [0.717, 1.165) is 11.4 Å². The third-order valence-electron chi connectivity index (χ3n) is 4.24. The summed E-state index contributed by atoms with van der Waals surface area (Å²) in [4.78, 5) is 12.2. The molecule has 0 fully saturated rings. The number of hydrogen-bond acceptors (Lipinski definition) is 3. The Kier molecular flexibility index (Phi) is 46.2. The van der Waals surface area contributed by atoms with Crippen molar-refractivity contribution < 1.29 is 98.1 Å². The van der Waals surface area contributed by atoms with Crippen molar-refractivity contribution in [3.63, 3.8) is 0 Å². The van der Waals surface area contributed by atoms with E-state index in [1.54, 1.807) is 12.4 Å². The maximum absolute atomic E-state index is 4.22. The molecule has 0 aliphatic rings. The Morgan fingerprint density at radius 1 is 0.575 bits per heavy atom. The first kappa shape index (κ1) is 56.5. The van der Waals surface area contributed by atoms with Gasteiger partial charge in [0.25, 0.3) is 0 Å². The summed E-state index contributed by atoms with van der Waals surface area (Å²) in [5.74, 6) is 0. The summed E-state index contributed by atoms with van der Waals surface area (Å²) in [5.41, 5.74) is 3.99. The molecule has 0 atom stereocenters. The first-order valence-corrected chi connectivity index (χ1v) is 13.3. The Morgan fingerprint density at radius 3 is 1.30 bits per heavy atom. The smallest absolute Gasteiger partial charge is 0 e. The van der Waals surface area contributed by atoms with Crippen LogP contribution in [0.3, 0.4) is 0 Å². The molecule has 3 nitrogen and oxygen atoms in total. The Labute approximate surface area is 326 Å². The molecule has 0 unspecified atom stereocenters. The molecular formula is C34H58N3Y3-3. The van der Waals surface area contributed by atoms with E-state index in [9.17, 15) is 0 Å². The molecule has 6 heteroatoms. The molecule has 0 N–H and O–H groups in total. The Morgan fingerprint density at radius 2 is 1.07 bits per heavy atom. The minimum absolute atomic E-state index is 0. The first-order chi connectivity index (χ1) is 16.8. The third kappa shape index (κ3) is 30.2. The van der Waals surface area contributed by atoms with Gasteiger partial charge in [-0.15, -0.1) is 5.56 Å². The van der Waals surface area contributed by atoms with E-state index in [2.05, 4.69) is 95.7 Å². The van der Waals surface area contributed by atoms with Gasteiger partial charge in [0.2, 0.25) is 0 Å². The monoisotopic (exact) mass is 775 g/mol. The van der Waals surface area contributed by atoms with Gasteiger partial charge < -0.3 is 15.0 Å². The summed E-state index contributed by atoms with van der Waals surface area (Å²) < 4.78 is 0. The minimum atomic E-state index is 0. The molecule has 3 rings (SSSR count). The summed E-state index contributed by atoms with van der Waals surface area (Å²) in [5, 5.41) is 0. The Bertz CT molecular complexity index is 721. The molecule has 0 aromatic carbocycles. The average Bonchev–Trinajstić information content (AvgIpc) is 2.89. The molecule has 0 bridgehead atoms. The topological polar surface area (TPSA) is 38.7 Å². The van der Waals surface area contributed by atoms with Crippen LogP contribution in [-0.4, -0.2) is 15.0 Å². The second kappa shape index (κ2) is 32.7. The van der Waals surface area contributed by atoms with Crippen LogP contribution in [0.1, 0.15) is 128 Å². The van der Waals surface area contributed by atoms with Gasteiger partial charge in [-0.05, 0) is 10.8 Å². The van der Waals surface area contributed by atoms with Crippen molar-refractivity contribution in [1.82, 2.24) is 15.0 Å². The number of pyridine rings is 3. The summed E-state index contributed by atoms with van der Waals surface area (Å²) in [6, 6.07) is 16.5. The van der Waals surface area contributed by atoms with Gasteiger partial charge >= 0.3 is 0 Å². The fourth-order valence-corrected chi connectivity index (χ4v) is 2.26. The number of rotatable bonds is 0. The van der Waals surface area contributed by atoms with E-state index in [1.165, 1.54) is 5.56 Å². The summed E-state index contributed by atoms with van der Waals surface area (Å²) in [6.45, 7) is 31.4. The Balaban J connectivity index is -0.0000000712. The van der Waals surface area contributed by atoms with Crippen molar-refractivity contribution in [2.75, 3.05) is 0 Å². The van der Waals surface area contributed by atoms with Gasteiger partial charge in [0.1, 0.15) is 0 Å². The molecule has 0 aliphatic carbocycles.